The first kappa shape index (κ1) is 15.3. The highest BCUT2D eigenvalue weighted by atomic mass is 16.3. The molecular formula is C16H32N2O. The predicted molar refractivity (Wildman–Crippen MR) is 80.3 cm³/mol. The number of hydrogen-bond donors (Lipinski definition) is 1. The lowest BCUT2D eigenvalue weighted by Crippen LogP contribution is -2.43. The molecule has 1 saturated heterocycles. The zero-order chi connectivity index (χ0) is 13.9. The summed E-state index contributed by atoms with van der Waals surface area (Å²) in [5.74, 6) is 1.61. The molecule has 3 atom stereocenters. The van der Waals surface area contributed by atoms with Gasteiger partial charge in [-0.25, -0.2) is 0 Å². The Bertz CT molecular complexity index is 284. The van der Waals surface area contributed by atoms with Crippen LogP contribution in [-0.4, -0.2) is 61.8 Å². The Labute approximate surface area is 119 Å². The second-order valence-electron chi connectivity index (χ2n) is 7.47. The van der Waals surface area contributed by atoms with E-state index >= 15 is 0 Å². The van der Waals surface area contributed by atoms with Gasteiger partial charge in [0.05, 0.1) is 0 Å². The second kappa shape index (κ2) is 6.55. The van der Waals surface area contributed by atoms with Gasteiger partial charge in [0.15, 0.2) is 0 Å². The predicted octanol–water partition coefficient (Wildman–Crippen LogP) is 2.06. The summed E-state index contributed by atoms with van der Waals surface area (Å²) in [6.45, 7) is 7.48. The first-order valence-electron chi connectivity index (χ1n) is 8.01. The van der Waals surface area contributed by atoms with Crippen molar-refractivity contribution in [1.29, 1.82) is 0 Å². The molecule has 112 valence electrons. The van der Waals surface area contributed by atoms with Crippen molar-refractivity contribution in [1.82, 2.24) is 9.80 Å². The molecule has 1 aliphatic carbocycles. The summed E-state index contributed by atoms with van der Waals surface area (Å²) in [7, 11) is 4.47. The molecule has 0 amide bonds. The number of nitrogens with zero attached hydrogens (tertiary/aromatic N) is 2. The van der Waals surface area contributed by atoms with Gasteiger partial charge >= 0.3 is 0 Å². The normalized spacial score (nSPS) is 37.1. The van der Waals surface area contributed by atoms with Gasteiger partial charge in [-0.3, -0.25) is 0 Å². The fourth-order valence-electron chi connectivity index (χ4n) is 4.36. The number of likely N-dealkylation sites (tertiary alicyclic amines) is 1. The lowest BCUT2D eigenvalue weighted by molar-refractivity contribution is 0.0276. The molecular weight excluding hydrogens is 236 g/mol. The van der Waals surface area contributed by atoms with Crippen LogP contribution in [0.25, 0.3) is 0 Å². The Balaban J connectivity index is 1.83. The van der Waals surface area contributed by atoms with Gasteiger partial charge in [-0.1, -0.05) is 19.8 Å². The largest absolute Gasteiger partial charge is 0.396 e. The van der Waals surface area contributed by atoms with Crippen LogP contribution in [0.3, 0.4) is 0 Å². The SMILES string of the molecule is CC1CCCC(CO)(CN(C)CC2CCN(C)C2)C1. The summed E-state index contributed by atoms with van der Waals surface area (Å²) in [6.07, 6.45) is 6.39. The average molecular weight is 268 g/mol. The van der Waals surface area contributed by atoms with Crippen molar-refractivity contribution < 1.29 is 5.11 Å². The minimum Gasteiger partial charge on any atom is -0.396 e. The molecule has 3 nitrogen and oxygen atoms in total. The standard InChI is InChI=1S/C16H32N2O/c1-14-5-4-7-16(9-14,13-19)12-18(3)11-15-6-8-17(2)10-15/h14-15,19H,4-13H2,1-3H3. The molecule has 0 radical (unpaired) electrons. The third kappa shape index (κ3) is 4.17. The number of rotatable bonds is 5. The lowest BCUT2D eigenvalue weighted by Gasteiger charge is -2.41. The van der Waals surface area contributed by atoms with Crippen LogP contribution < -0.4 is 0 Å². The molecule has 1 aliphatic heterocycles. The Morgan fingerprint density at radius 2 is 2.16 bits per heavy atom. The van der Waals surface area contributed by atoms with E-state index in [0.29, 0.717) is 6.61 Å². The fourth-order valence-corrected chi connectivity index (χ4v) is 4.36. The van der Waals surface area contributed by atoms with Crippen LogP contribution in [0.1, 0.15) is 39.0 Å². The van der Waals surface area contributed by atoms with Crippen molar-refractivity contribution in [3.63, 3.8) is 0 Å². The number of aliphatic hydroxyl groups is 1. The van der Waals surface area contributed by atoms with Crippen LogP contribution in [0.15, 0.2) is 0 Å². The van der Waals surface area contributed by atoms with Crippen LogP contribution >= 0.6 is 0 Å². The van der Waals surface area contributed by atoms with E-state index in [1.807, 2.05) is 0 Å². The molecule has 3 heteroatoms. The van der Waals surface area contributed by atoms with Crippen LogP contribution in [0.2, 0.25) is 0 Å². The molecule has 0 bridgehead atoms. The molecule has 1 heterocycles. The van der Waals surface area contributed by atoms with Crippen LogP contribution in [-0.2, 0) is 0 Å². The van der Waals surface area contributed by atoms with E-state index in [2.05, 4.69) is 30.8 Å². The summed E-state index contributed by atoms with van der Waals surface area (Å²) in [5, 5.41) is 9.88. The van der Waals surface area contributed by atoms with Gasteiger partial charge < -0.3 is 14.9 Å². The minimum absolute atomic E-state index is 0.178. The van der Waals surface area contributed by atoms with Crippen molar-refractivity contribution in [2.24, 2.45) is 17.3 Å². The molecule has 2 aliphatic rings. The lowest BCUT2D eigenvalue weighted by atomic mass is 9.70. The third-order valence-corrected chi connectivity index (χ3v) is 5.19. The second-order valence-corrected chi connectivity index (χ2v) is 7.47. The summed E-state index contributed by atoms with van der Waals surface area (Å²) in [6, 6.07) is 0. The quantitative estimate of drug-likeness (QED) is 0.827. The maximum absolute atomic E-state index is 9.88. The zero-order valence-electron chi connectivity index (χ0n) is 13.1. The molecule has 2 fully saturated rings. The highest BCUT2D eigenvalue weighted by Gasteiger charge is 2.35. The van der Waals surface area contributed by atoms with Crippen molar-refractivity contribution in [2.75, 3.05) is 46.9 Å². The maximum Gasteiger partial charge on any atom is 0.0499 e. The van der Waals surface area contributed by atoms with E-state index in [1.165, 1.54) is 51.7 Å². The van der Waals surface area contributed by atoms with Gasteiger partial charge in [-0.2, -0.15) is 0 Å². The molecule has 0 aromatic heterocycles. The monoisotopic (exact) mass is 268 g/mol. The van der Waals surface area contributed by atoms with Gasteiger partial charge in [0, 0.05) is 31.7 Å². The summed E-state index contributed by atoms with van der Waals surface area (Å²) >= 11 is 0. The van der Waals surface area contributed by atoms with Crippen molar-refractivity contribution >= 4 is 0 Å². The topological polar surface area (TPSA) is 26.7 Å². The third-order valence-electron chi connectivity index (χ3n) is 5.19. The Kier molecular flexibility index (Phi) is 5.27. The number of aliphatic hydroxyl groups excluding tert-OH is 1. The summed E-state index contributed by atoms with van der Waals surface area (Å²) in [4.78, 5) is 4.92. The zero-order valence-corrected chi connectivity index (χ0v) is 13.1. The Hall–Kier alpha value is -0.120. The van der Waals surface area contributed by atoms with E-state index in [9.17, 15) is 5.11 Å². The summed E-state index contributed by atoms with van der Waals surface area (Å²) in [5.41, 5.74) is 0.178. The van der Waals surface area contributed by atoms with Gasteiger partial charge in [-0.05, 0) is 51.7 Å². The molecule has 0 aromatic rings. The first-order valence-corrected chi connectivity index (χ1v) is 8.01. The van der Waals surface area contributed by atoms with Crippen LogP contribution in [0.4, 0.5) is 0 Å². The molecule has 19 heavy (non-hydrogen) atoms. The smallest absolute Gasteiger partial charge is 0.0499 e. The van der Waals surface area contributed by atoms with E-state index < -0.39 is 0 Å². The highest BCUT2D eigenvalue weighted by Crippen LogP contribution is 2.39. The maximum atomic E-state index is 9.88. The highest BCUT2D eigenvalue weighted by molar-refractivity contribution is 4.88. The Morgan fingerprint density at radius 1 is 1.37 bits per heavy atom. The van der Waals surface area contributed by atoms with Crippen molar-refractivity contribution in [3.05, 3.63) is 0 Å². The van der Waals surface area contributed by atoms with Gasteiger partial charge in [0.1, 0.15) is 0 Å². The van der Waals surface area contributed by atoms with E-state index in [0.717, 1.165) is 18.4 Å². The van der Waals surface area contributed by atoms with E-state index in [1.54, 1.807) is 0 Å². The van der Waals surface area contributed by atoms with Crippen molar-refractivity contribution in [3.8, 4) is 0 Å². The van der Waals surface area contributed by atoms with Gasteiger partial charge in [0.2, 0.25) is 0 Å². The van der Waals surface area contributed by atoms with Crippen molar-refractivity contribution in [2.45, 2.75) is 39.0 Å². The molecule has 1 saturated carbocycles. The molecule has 3 unspecified atom stereocenters. The van der Waals surface area contributed by atoms with Crippen LogP contribution in [0.5, 0.6) is 0 Å². The first-order chi connectivity index (χ1) is 9.03. The Morgan fingerprint density at radius 3 is 2.74 bits per heavy atom. The summed E-state index contributed by atoms with van der Waals surface area (Å²) < 4.78 is 0. The minimum atomic E-state index is 0.178. The van der Waals surface area contributed by atoms with E-state index in [-0.39, 0.29) is 5.41 Å². The molecule has 1 N–H and O–H groups in total. The number of hydrogen-bond acceptors (Lipinski definition) is 3. The van der Waals surface area contributed by atoms with Crippen LogP contribution in [0, 0.1) is 17.3 Å². The fraction of sp³-hybridized carbons (Fsp3) is 1.00. The van der Waals surface area contributed by atoms with Gasteiger partial charge in [0.25, 0.3) is 0 Å². The average Bonchev–Trinajstić information content (AvgIpc) is 2.74. The van der Waals surface area contributed by atoms with Gasteiger partial charge in [-0.15, -0.1) is 0 Å². The van der Waals surface area contributed by atoms with E-state index in [4.69, 9.17) is 0 Å². The molecule has 2 rings (SSSR count). The molecule has 0 aromatic carbocycles. The molecule has 0 spiro atoms.